The van der Waals surface area contributed by atoms with E-state index in [-0.39, 0.29) is 0 Å². The van der Waals surface area contributed by atoms with E-state index in [1.807, 2.05) is 13.8 Å². The highest BCUT2D eigenvalue weighted by molar-refractivity contribution is 8.58. The minimum Gasteiger partial charge on any atom is -0.312 e. The maximum atomic E-state index is 11.5. The highest BCUT2D eigenvalue weighted by Gasteiger charge is 2.14. The molecule has 0 aliphatic carbocycles. The molecule has 0 aliphatic rings. The third-order valence-corrected chi connectivity index (χ3v) is 7.72. The van der Waals surface area contributed by atoms with Crippen LogP contribution in [0.2, 0.25) is 0 Å². The van der Waals surface area contributed by atoms with Crippen LogP contribution in [0.4, 0.5) is 0 Å². The highest BCUT2D eigenvalue weighted by atomic mass is 32.7. The zero-order valence-electron chi connectivity index (χ0n) is 6.39. The normalized spacial score (nSPS) is 11.9. The second-order valence-electron chi connectivity index (χ2n) is 1.86. The van der Waals surface area contributed by atoms with E-state index in [0.29, 0.717) is 0 Å². The van der Waals surface area contributed by atoms with Crippen LogP contribution in [-0.2, 0) is 4.57 Å². The molecule has 0 aliphatic heterocycles. The average Bonchev–Trinajstić information content (AvgIpc) is 1.89. The topological polar surface area (TPSA) is 17.1 Å². The Morgan fingerprint density at radius 3 is 1.78 bits per heavy atom. The number of hydrogen-bond donors (Lipinski definition) is 0. The van der Waals surface area contributed by atoms with Gasteiger partial charge in [-0.2, -0.15) is 0 Å². The molecule has 0 saturated heterocycles. The summed E-state index contributed by atoms with van der Waals surface area (Å²) in [6, 6.07) is 0. The predicted molar refractivity (Wildman–Crippen MR) is 46.8 cm³/mol. The molecule has 0 rings (SSSR count). The number of rotatable bonds is 4. The Kier molecular flexibility index (Phi) is 4.69. The standard InChI is InChI=1S/C6H15OPS/c1-4-8(7,5-2)9-6-3/h4-6H2,1-3H3. The second-order valence-corrected chi connectivity index (χ2v) is 8.37. The number of hydrogen-bond acceptors (Lipinski definition) is 2. The van der Waals surface area contributed by atoms with Gasteiger partial charge in [-0.05, 0) is 5.75 Å². The monoisotopic (exact) mass is 166 g/mol. The molecule has 0 unspecified atom stereocenters. The fourth-order valence-corrected chi connectivity index (χ4v) is 4.43. The van der Waals surface area contributed by atoms with E-state index in [1.54, 1.807) is 11.4 Å². The van der Waals surface area contributed by atoms with Gasteiger partial charge >= 0.3 is 0 Å². The smallest absolute Gasteiger partial charge is 0.138 e. The molecule has 0 aromatic carbocycles. The van der Waals surface area contributed by atoms with E-state index in [9.17, 15) is 4.57 Å². The van der Waals surface area contributed by atoms with Crippen LogP contribution in [0.15, 0.2) is 0 Å². The van der Waals surface area contributed by atoms with Gasteiger partial charge in [-0.15, -0.1) is 0 Å². The van der Waals surface area contributed by atoms with Crippen LogP contribution in [0.5, 0.6) is 0 Å². The van der Waals surface area contributed by atoms with Crippen LogP contribution in [0, 0.1) is 0 Å². The van der Waals surface area contributed by atoms with Gasteiger partial charge in [-0.1, -0.05) is 32.2 Å². The van der Waals surface area contributed by atoms with Crippen molar-refractivity contribution in [3.05, 3.63) is 0 Å². The van der Waals surface area contributed by atoms with Gasteiger partial charge < -0.3 is 4.57 Å². The Hall–Kier alpha value is 0.580. The lowest BCUT2D eigenvalue weighted by Crippen LogP contribution is -1.83. The van der Waals surface area contributed by atoms with Gasteiger partial charge in [0.1, 0.15) is 6.34 Å². The molecule has 0 N–H and O–H groups in total. The molecule has 0 bridgehead atoms. The molecule has 0 radical (unpaired) electrons. The summed E-state index contributed by atoms with van der Waals surface area (Å²) in [5.41, 5.74) is 0. The van der Waals surface area contributed by atoms with Gasteiger partial charge in [0.05, 0.1) is 0 Å². The van der Waals surface area contributed by atoms with E-state index >= 15 is 0 Å². The van der Waals surface area contributed by atoms with Gasteiger partial charge in [0.2, 0.25) is 0 Å². The van der Waals surface area contributed by atoms with Crippen molar-refractivity contribution in [2.75, 3.05) is 18.1 Å². The van der Waals surface area contributed by atoms with Crippen molar-refractivity contribution in [2.24, 2.45) is 0 Å². The Balaban J connectivity index is 3.78. The van der Waals surface area contributed by atoms with Crippen molar-refractivity contribution in [1.82, 2.24) is 0 Å². The molecule has 0 amide bonds. The summed E-state index contributed by atoms with van der Waals surface area (Å²) in [6.07, 6.45) is -0.0660. The first kappa shape index (κ1) is 9.58. The van der Waals surface area contributed by atoms with Crippen LogP contribution in [-0.4, -0.2) is 18.1 Å². The third kappa shape index (κ3) is 3.32. The first-order chi connectivity index (χ1) is 4.18. The lowest BCUT2D eigenvalue weighted by Gasteiger charge is -2.10. The van der Waals surface area contributed by atoms with E-state index in [1.165, 1.54) is 0 Å². The van der Waals surface area contributed by atoms with Gasteiger partial charge in [0.15, 0.2) is 0 Å². The lowest BCUT2D eigenvalue weighted by atomic mass is 11.0. The fraction of sp³-hybridized carbons (Fsp3) is 1.00. The van der Waals surface area contributed by atoms with Crippen molar-refractivity contribution < 1.29 is 4.57 Å². The summed E-state index contributed by atoms with van der Waals surface area (Å²) in [4.78, 5) is 0. The first-order valence-electron chi connectivity index (χ1n) is 3.41. The molecular weight excluding hydrogens is 151 g/mol. The minimum absolute atomic E-state index is 0.849. The highest BCUT2D eigenvalue weighted by Crippen LogP contribution is 2.57. The molecule has 3 heteroatoms. The lowest BCUT2D eigenvalue weighted by molar-refractivity contribution is 0.586. The van der Waals surface area contributed by atoms with Crippen LogP contribution in [0.25, 0.3) is 0 Å². The van der Waals surface area contributed by atoms with Gasteiger partial charge in [0.25, 0.3) is 0 Å². The van der Waals surface area contributed by atoms with E-state index in [4.69, 9.17) is 0 Å². The summed E-state index contributed by atoms with van der Waals surface area (Å²) in [5.74, 6) is 0.985. The molecule has 0 spiro atoms. The van der Waals surface area contributed by atoms with E-state index < -0.39 is 6.34 Å². The molecule has 0 saturated carbocycles. The van der Waals surface area contributed by atoms with Crippen molar-refractivity contribution in [3.63, 3.8) is 0 Å². The van der Waals surface area contributed by atoms with Crippen LogP contribution < -0.4 is 0 Å². The zero-order valence-corrected chi connectivity index (χ0v) is 8.10. The van der Waals surface area contributed by atoms with E-state index in [2.05, 4.69) is 6.92 Å². The first-order valence-corrected chi connectivity index (χ1v) is 7.08. The molecule has 0 heterocycles. The second kappa shape index (κ2) is 4.40. The maximum absolute atomic E-state index is 11.5. The average molecular weight is 166 g/mol. The van der Waals surface area contributed by atoms with Gasteiger partial charge in [0, 0.05) is 12.3 Å². The summed E-state index contributed by atoms with van der Waals surface area (Å²) < 4.78 is 11.5. The van der Waals surface area contributed by atoms with Crippen LogP contribution in [0.3, 0.4) is 0 Å². The van der Waals surface area contributed by atoms with E-state index in [0.717, 1.165) is 18.1 Å². The molecule has 56 valence electrons. The molecule has 0 fully saturated rings. The fourth-order valence-electron chi connectivity index (χ4n) is 0.641. The molecule has 1 nitrogen and oxygen atoms in total. The summed E-state index contributed by atoms with van der Waals surface area (Å²) >= 11 is 1.63. The quantitative estimate of drug-likeness (QED) is 0.597. The Morgan fingerprint density at radius 1 is 1.22 bits per heavy atom. The third-order valence-electron chi connectivity index (χ3n) is 1.33. The zero-order chi connectivity index (χ0) is 7.33. The molecule has 9 heavy (non-hydrogen) atoms. The Bertz CT molecular complexity index is 106. The SMILES string of the molecule is CCSP(=O)(CC)CC. The maximum Gasteiger partial charge on any atom is 0.138 e. The van der Waals surface area contributed by atoms with Crippen LogP contribution in [0.1, 0.15) is 20.8 Å². The summed E-state index contributed by atoms with van der Waals surface area (Å²) in [5, 5.41) is 0. The van der Waals surface area contributed by atoms with Crippen LogP contribution >= 0.6 is 17.7 Å². The summed E-state index contributed by atoms with van der Waals surface area (Å²) in [6.45, 7) is 6.07. The molecule has 0 aromatic rings. The summed E-state index contributed by atoms with van der Waals surface area (Å²) in [7, 11) is 0. The molecular formula is C6H15OPS. The van der Waals surface area contributed by atoms with Gasteiger partial charge in [-0.25, -0.2) is 0 Å². The largest absolute Gasteiger partial charge is 0.312 e. The molecule has 0 aromatic heterocycles. The minimum atomic E-state index is -1.76. The van der Waals surface area contributed by atoms with Gasteiger partial charge in [-0.3, -0.25) is 0 Å². The van der Waals surface area contributed by atoms with Crippen molar-refractivity contribution in [2.45, 2.75) is 20.8 Å². The molecule has 0 atom stereocenters. The predicted octanol–water partition coefficient (Wildman–Crippen LogP) is 3.06. The van der Waals surface area contributed by atoms with Crippen molar-refractivity contribution in [1.29, 1.82) is 0 Å². The Labute approximate surface area is 61.7 Å². The van der Waals surface area contributed by atoms with Crippen molar-refractivity contribution >= 4 is 17.7 Å². The van der Waals surface area contributed by atoms with Crippen molar-refractivity contribution in [3.8, 4) is 0 Å². The Morgan fingerprint density at radius 2 is 1.67 bits per heavy atom.